The van der Waals surface area contributed by atoms with Crippen molar-refractivity contribution in [2.45, 2.75) is 20.0 Å². The lowest BCUT2D eigenvalue weighted by Crippen LogP contribution is -2.45. The van der Waals surface area contributed by atoms with Gasteiger partial charge in [-0.2, -0.15) is 5.11 Å². The molecule has 0 saturated heterocycles. The molecular weight excluding hydrogens is 238 g/mol. The van der Waals surface area contributed by atoms with E-state index in [9.17, 15) is 0 Å². The summed E-state index contributed by atoms with van der Waals surface area (Å²) in [7, 11) is 0. The first-order valence-electron chi connectivity index (χ1n) is 6.30. The predicted molar refractivity (Wildman–Crippen MR) is 76.3 cm³/mol. The number of nitrogens with two attached hydrogens (primary N) is 2. The molecule has 1 aliphatic rings. The van der Waals surface area contributed by atoms with Crippen molar-refractivity contribution in [2.75, 3.05) is 6.54 Å². The maximum absolute atomic E-state index is 6.02. The number of azo groups is 1. The van der Waals surface area contributed by atoms with Crippen LogP contribution in [0.15, 0.2) is 63.7 Å². The van der Waals surface area contributed by atoms with Crippen LogP contribution in [-0.2, 0) is 0 Å². The van der Waals surface area contributed by atoms with Crippen LogP contribution < -0.4 is 11.5 Å². The molecule has 100 valence electrons. The summed E-state index contributed by atoms with van der Waals surface area (Å²) < 4.78 is 0. The van der Waals surface area contributed by atoms with Gasteiger partial charge in [-0.05, 0) is 26.0 Å². The van der Waals surface area contributed by atoms with E-state index in [4.69, 9.17) is 11.5 Å². The number of allylic oxidation sites excluding steroid dienone is 1. The lowest BCUT2D eigenvalue weighted by atomic mass is 10.1. The van der Waals surface area contributed by atoms with Crippen molar-refractivity contribution in [1.29, 1.82) is 0 Å². The predicted octanol–water partition coefficient (Wildman–Crippen LogP) is 2.46. The second-order valence-electron chi connectivity index (χ2n) is 4.41. The Labute approximate surface area is 113 Å². The molecule has 1 aromatic carbocycles. The molecule has 0 bridgehead atoms. The summed E-state index contributed by atoms with van der Waals surface area (Å²) in [5, 5.41) is 8.48. The van der Waals surface area contributed by atoms with E-state index in [0.717, 1.165) is 23.5 Å². The Bertz CT molecular complexity index is 530. The molecule has 4 N–H and O–H groups in total. The van der Waals surface area contributed by atoms with Crippen LogP contribution in [0, 0.1) is 0 Å². The average molecular weight is 257 g/mol. The van der Waals surface area contributed by atoms with Gasteiger partial charge in [-0.3, -0.25) is 0 Å². The monoisotopic (exact) mass is 257 g/mol. The third-order valence-electron chi connectivity index (χ3n) is 3.18. The summed E-state index contributed by atoms with van der Waals surface area (Å²) in [4.78, 5) is 1.95. The Morgan fingerprint density at radius 2 is 1.89 bits per heavy atom. The molecule has 1 aromatic rings. The highest BCUT2D eigenvalue weighted by atomic mass is 15.2. The van der Waals surface area contributed by atoms with E-state index in [1.165, 1.54) is 0 Å². The van der Waals surface area contributed by atoms with E-state index < -0.39 is 0 Å². The van der Waals surface area contributed by atoms with Crippen LogP contribution in [0.2, 0.25) is 0 Å². The van der Waals surface area contributed by atoms with E-state index in [-0.39, 0.29) is 6.17 Å². The fourth-order valence-electron chi connectivity index (χ4n) is 1.88. The highest BCUT2D eigenvalue weighted by Gasteiger charge is 2.21. The largest absolute Gasteiger partial charge is 0.399 e. The van der Waals surface area contributed by atoms with E-state index in [1.807, 2.05) is 55.3 Å². The fraction of sp³-hybridized carbons (Fsp3) is 0.286. The highest BCUT2D eigenvalue weighted by Crippen LogP contribution is 2.24. The highest BCUT2D eigenvalue weighted by molar-refractivity contribution is 5.39. The molecule has 1 aliphatic heterocycles. The van der Waals surface area contributed by atoms with Crippen LogP contribution in [0.5, 0.6) is 0 Å². The third-order valence-corrected chi connectivity index (χ3v) is 3.18. The maximum Gasteiger partial charge on any atom is 0.118 e. The van der Waals surface area contributed by atoms with Gasteiger partial charge >= 0.3 is 0 Å². The zero-order valence-electron chi connectivity index (χ0n) is 11.2. The first kappa shape index (κ1) is 13.3. The van der Waals surface area contributed by atoms with Crippen molar-refractivity contribution >= 4 is 5.69 Å². The molecular formula is C14H19N5. The van der Waals surface area contributed by atoms with Gasteiger partial charge in [0.2, 0.25) is 0 Å². The molecule has 0 amide bonds. The Hall–Kier alpha value is -2.14. The summed E-state index contributed by atoms with van der Waals surface area (Å²) in [5.74, 6) is 0. The van der Waals surface area contributed by atoms with Gasteiger partial charge in [-0.1, -0.05) is 18.2 Å². The summed E-state index contributed by atoms with van der Waals surface area (Å²) in [6.07, 6.45) is 1.63. The summed E-state index contributed by atoms with van der Waals surface area (Å²) >= 11 is 0. The van der Waals surface area contributed by atoms with Crippen molar-refractivity contribution in [3.8, 4) is 0 Å². The lowest BCUT2D eigenvalue weighted by molar-refractivity contribution is 0.317. The Morgan fingerprint density at radius 3 is 2.53 bits per heavy atom. The second kappa shape index (κ2) is 5.67. The summed E-state index contributed by atoms with van der Waals surface area (Å²) in [6, 6.07) is 9.60. The Balaban J connectivity index is 2.26. The molecule has 2 rings (SSSR count). The van der Waals surface area contributed by atoms with Gasteiger partial charge in [-0.15, -0.1) is 5.11 Å². The molecule has 19 heavy (non-hydrogen) atoms. The smallest absolute Gasteiger partial charge is 0.118 e. The molecule has 1 atom stereocenters. The van der Waals surface area contributed by atoms with Gasteiger partial charge in [0.1, 0.15) is 11.9 Å². The first-order valence-corrected chi connectivity index (χ1v) is 6.30. The molecule has 1 unspecified atom stereocenters. The van der Waals surface area contributed by atoms with Crippen molar-refractivity contribution < 1.29 is 0 Å². The molecule has 0 aromatic heterocycles. The van der Waals surface area contributed by atoms with E-state index in [0.29, 0.717) is 5.70 Å². The topological polar surface area (TPSA) is 80.0 Å². The number of benzene rings is 1. The molecule has 0 spiro atoms. The van der Waals surface area contributed by atoms with Gasteiger partial charge in [0, 0.05) is 18.3 Å². The zero-order chi connectivity index (χ0) is 13.8. The van der Waals surface area contributed by atoms with Crippen LogP contribution in [0.4, 0.5) is 5.69 Å². The first-order chi connectivity index (χ1) is 9.13. The van der Waals surface area contributed by atoms with Gasteiger partial charge in [0.15, 0.2) is 0 Å². The Morgan fingerprint density at radius 1 is 1.21 bits per heavy atom. The fourth-order valence-corrected chi connectivity index (χ4v) is 1.88. The van der Waals surface area contributed by atoms with E-state index >= 15 is 0 Å². The van der Waals surface area contributed by atoms with Gasteiger partial charge < -0.3 is 16.4 Å². The molecule has 0 fully saturated rings. The molecule has 5 heteroatoms. The standard InChI is InChI=1S/C14H19N5/c1-3-19-9-12(10(2)13(15)14(19)16)18-17-11-7-5-4-6-8-11/h4-9,14H,3,15-16H2,1-2H3. The van der Waals surface area contributed by atoms with Gasteiger partial charge in [-0.25, -0.2) is 0 Å². The number of hydrogen-bond acceptors (Lipinski definition) is 5. The number of hydrogen-bond donors (Lipinski definition) is 2. The number of rotatable bonds is 3. The zero-order valence-corrected chi connectivity index (χ0v) is 11.2. The van der Waals surface area contributed by atoms with Crippen LogP contribution in [-0.4, -0.2) is 17.6 Å². The normalized spacial score (nSPS) is 20.1. The van der Waals surface area contributed by atoms with Gasteiger partial charge in [0.05, 0.1) is 11.4 Å². The molecule has 1 heterocycles. The summed E-state index contributed by atoms with van der Waals surface area (Å²) in [6.45, 7) is 4.72. The minimum absolute atomic E-state index is 0.277. The number of likely N-dealkylation sites (N-methyl/N-ethyl adjacent to an activating group) is 1. The summed E-state index contributed by atoms with van der Waals surface area (Å²) in [5.41, 5.74) is 15.1. The molecule has 0 aliphatic carbocycles. The van der Waals surface area contributed by atoms with Crippen LogP contribution in [0.25, 0.3) is 0 Å². The Kier molecular flexibility index (Phi) is 3.97. The maximum atomic E-state index is 6.02. The van der Waals surface area contributed by atoms with Crippen molar-refractivity contribution in [1.82, 2.24) is 4.90 Å². The van der Waals surface area contributed by atoms with Crippen molar-refractivity contribution in [3.63, 3.8) is 0 Å². The quantitative estimate of drug-likeness (QED) is 0.816. The van der Waals surface area contributed by atoms with Crippen molar-refractivity contribution in [2.24, 2.45) is 21.7 Å². The van der Waals surface area contributed by atoms with E-state index in [2.05, 4.69) is 10.2 Å². The average Bonchev–Trinajstić information content (AvgIpc) is 2.45. The molecule has 5 nitrogen and oxygen atoms in total. The van der Waals surface area contributed by atoms with E-state index in [1.54, 1.807) is 0 Å². The number of nitrogens with zero attached hydrogens (tertiary/aromatic N) is 3. The van der Waals surface area contributed by atoms with Crippen LogP contribution in [0.1, 0.15) is 13.8 Å². The van der Waals surface area contributed by atoms with Gasteiger partial charge in [0.25, 0.3) is 0 Å². The minimum Gasteiger partial charge on any atom is -0.399 e. The van der Waals surface area contributed by atoms with Crippen LogP contribution in [0.3, 0.4) is 0 Å². The lowest BCUT2D eigenvalue weighted by Gasteiger charge is -2.31. The molecule has 0 radical (unpaired) electrons. The molecule has 0 saturated carbocycles. The second-order valence-corrected chi connectivity index (χ2v) is 4.41. The third kappa shape index (κ3) is 2.82. The minimum atomic E-state index is -0.277. The SMILES string of the molecule is CCN1C=C(N=Nc2ccccc2)C(C)=C(N)C1N. The van der Waals surface area contributed by atoms with Crippen LogP contribution >= 0.6 is 0 Å². The van der Waals surface area contributed by atoms with Crippen molar-refractivity contribution in [3.05, 3.63) is 53.5 Å².